The van der Waals surface area contributed by atoms with E-state index < -0.39 is 11.6 Å². The summed E-state index contributed by atoms with van der Waals surface area (Å²) in [6, 6.07) is 7.78. The number of fused-ring (bicyclic) bond motifs is 1. The molecule has 2 aromatic heterocycles. The molecule has 1 aliphatic rings. The van der Waals surface area contributed by atoms with Gasteiger partial charge in [0.05, 0.1) is 17.4 Å². The van der Waals surface area contributed by atoms with E-state index in [0.29, 0.717) is 22.7 Å². The lowest BCUT2D eigenvalue weighted by atomic mass is 10.1. The zero-order valence-electron chi connectivity index (χ0n) is 19.6. The third kappa shape index (κ3) is 4.86. The number of thioether (sulfide) groups is 1. The van der Waals surface area contributed by atoms with Gasteiger partial charge < -0.3 is 14.8 Å². The Hall–Kier alpha value is -3.27. The van der Waals surface area contributed by atoms with Gasteiger partial charge in [0.2, 0.25) is 5.95 Å². The van der Waals surface area contributed by atoms with Crippen molar-refractivity contribution >= 4 is 40.1 Å². The van der Waals surface area contributed by atoms with Gasteiger partial charge in [-0.25, -0.2) is 28.1 Å². The molecule has 36 heavy (non-hydrogen) atoms. The van der Waals surface area contributed by atoms with Gasteiger partial charge in [-0.2, -0.15) is 11.8 Å². The Morgan fingerprint density at radius 2 is 1.72 bits per heavy atom. The van der Waals surface area contributed by atoms with Crippen LogP contribution in [0.4, 0.5) is 30.5 Å². The van der Waals surface area contributed by atoms with Crippen LogP contribution in [0.1, 0.15) is 33.1 Å². The van der Waals surface area contributed by atoms with Crippen molar-refractivity contribution in [3.8, 4) is 11.3 Å². The summed E-state index contributed by atoms with van der Waals surface area (Å²) < 4.78 is 46.3. The van der Waals surface area contributed by atoms with Crippen LogP contribution in [0.3, 0.4) is 0 Å². The Bertz CT molecular complexity index is 1400. The summed E-state index contributed by atoms with van der Waals surface area (Å²) in [6.07, 6.45) is 1.02. The molecule has 0 radical (unpaired) electrons. The van der Waals surface area contributed by atoms with Crippen molar-refractivity contribution in [2.45, 2.75) is 34.2 Å². The summed E-state index contributed by atoms with van der Waals surface area (Å²) in [4.78, 5) is 14.6. The van der Waals surface area contributed by atoms with Crippen molar-refractivity contribution in [1.82, 2.24) is 19.5 Å². The molecule has 1 N–H and O–H groups in total. The molecule has 0 amide bonds. The monoisotopic (exact) mass is 514 g/mol. The Labute approximate surface area is 213 Å². The molecule has 0 atom stereocenters. The number of nitrogens with zero attached hydrogens (tertiary/aromatic N) is 5. The highest BCUT2D eigenvalue weighted by Gasteiger charge is 2.19. The molecule has 5 rings (SSSR count). The third-order valence-corrected chi connectivity index (χ3v) is 6.96. The molecule has 1 fully saturated rings. The zero-order valence-corrected chi connectivity index (χ0v) is 20.5. The number of rotatable bonds is 5. The van der Waals surface area contributed by atoms with Gasteiger partial charge in [-0.05, 0) is 51.1 Å². The minimum Gasteiger partial charge on any atom is -0.368 e. The van der Waals surface area contributed by atoms with Gasteiger partial charge >= 0.3 is 0 Å². The van der Waals surface area contributed by atoms with E-state index in [-0.39, 0.29) is 42.0 Å². The van der Waals surface area contributed by atoms with Crippen LogP contribution in [0.2, 0.25) is 0 Å². The molecule has 0 spiro atoms. The first-order valence-electron chi connectivity index (χ1n) is 11.4. The van der Waals surface area contributed by atoms with Crippen molar-refractivity contribution < 1.29 is 13.2 Å². The Kier molecular flexibility index (Phi) is 7.44. The van der Waals surface area contributed by atoms with Gasteiger partial charge in [0.15, 0.2) is 11.6 Å². The maximum atomic E-state index is 14.9. The Morgan fingerprint density at radius 1 is 0.972 bits per heavy atom. The molecule has 1 aliphatic heterocycles. The molecular formula is C26H29F3N6S. The highest BCUT2D eigenvalue weighted by Crippen LogP contribution is 2.31. The van der Waals surface area contributed by atoms with Gasteiger partial charge in [0.25, 0.3) is 0 Å². The lowest BCUT2D eigenvalue weighted by molar-refractivity contribution is 0.599. The number of aryl methyl sites for hydroxylation is 1. The van der Waals surface area contributed by atoms with Crippen molar-refractivity contribution in [3.63, 3.8) is 0 Å². The summed E-state index contributed by atoms with van der Waals surface area (Å²) in [6.45, 7) is 7.35. The van der Waals surface area contributed by atoms with Crippen molar-refractivity contribution in [2.75, 3.05) is 34.8 Å². The molecule has 3 heterocycles. The summed E-state index contributed by atoms with van der Waals surface area (Å²) in [5.41, 5.74) is 2.00. The largest absolute Gasteiger partial charge is 0.368 e. The lowest BCUT2D eigenvalue weighted by Gasteiger charge is -2.28. The van der Waals surface area contributed by atoms with Crippen molar-refractivity contribution in [2.24, 2.45) is 0 Å². The van der Waals surface area contributed by atoms with Crippen LogP contribution in [0.15, 0.2) is 36.5 Å². The van der Waals surface area contributed by atoms with Crippen LogP contribution in [0, 0.1) is 24.4 Å². The molecule has 2 aromatic carbocycles. The topological polar surface area (TPSA) is 58.9 Å². The van der Waals surface area contributed by atoms with Crippen molar-refractivity contribution in [3.05, 3.63) is 59.8 Å². The number of halogens is 3. The molecule has 190 valence electrons. The maximum absolute atomic E-state index is 14.9. The summed E-state index contributed by atoms with van der Waals surface area (Å²) in [7, 11) is 0. The highest BCUT2D eigenvalue weighted by atomic mass is 32.2. The molecule has 0 aliphatic carbocycles. The van der Waals surface area contributed by atoms with E-state index in [9.17, 15) is 13.2 Å². The first-order chi connectivity index (χ1) is 16.8. The Balaban J connectivity index is 0.00000304. The second-order valence-electron chi connectivity index (χ2n) is 8.73. The molecule has 0 bridgehead atoms. The normalized spacial score (nSPS) is 13.8. The van der Waals surface area contributed by atoms with E-state index in [2.05, 4.69) is 20.3 Å². The highest BCUT2D eigenvalue weighted by molar-refractivity contribution is 7.99. The summed E-state index contributed by atoms with van der Waals surface area (Å²) in [5.74, 6) is 1.09. The van der Waals surface area contributed by atoms with E-state index in [0.717, 1.165) is 30.8 Å². The third-order valence-electron chi connectivity index (χ3n) is 6.01. The van der Waals surface area contributed by atoms with Crippen LogP contribution in [0.5, 0.6) is 0 Å². The maximum Gasteiger partial charge on any atom is 0.227 e. The fraction of sp³-hybridized carbons (Fsp3) is 0.346. The van der Waals surface area contributed by atoms with E-state index in [1.807, 2.05) is 35.1 Å². The fourth-order valence-electron chi connectivity index (χ4n) is 4.46. The molecule has 10 heteroatoms. The number of hydrogen-bond acceptors (Lipinski definition) is 6. The molecule has 1 saturated heterocycles. The molecule has 0 saturated carbocycles. The van der Waals surface area contributed by atoms with Crippen LogP contribution < -0.4 is 10.2 Å². The van der Waals surface area contributed by atoms with Crippen LogP contribution in [-0.4, -0.2) is 44.1 Å². The van der Waals surface area contributed by atoms with Gasteiger partial charge in [-0.3, -0.25) is 0 Å². The van der Waals surface area contributed by atoms with Crippen LogP contribution in [0.25, 0.3) is 22.3 Å². The number of hydrogen-bond donors (Lipinski definition) is 1. The average Bonchev–Trinajstić information content (AvgIpc) is 3.17. The smallest absolute Gasteiger partial charge is 0.227 e. The summed E-state index contributed by atoms with van der Waals surface area (Å²) >= 11 is 1.86. The van der Waals surface area contributed by atoms with Crippen LogP contribution >= 0.6 is 11.8 Å². The van der Waals surface area contributed by atoms with E-state index in [4.69, 9.17) is 0 Å². The first-order valence-corrected chi connectivity index (χ1v) is 12.6. The summed E-state index contributed by atoms with van der Waals surface area (Å²) in [5, 5.41) is 2.93. The van der Waals surface area contributed by atoms with E-state index >= 15 is 0 Å². The SMILES string of the molecule is C.Cc1nc2c(F)cc(-c3nc(Nc4ccc(N5CCSCC5)c(F)c4)ncc3F)cc2n1C(C)C. The predicted octanol–water partition coefficient (Wildman–Crippen LogP) is 6.73. The van der Waals surface area contributed by atoms with Gasteiger partial charge in [0.1, 0.15) is 22.9 Å². The molecule has 4 aromatic rings. The molecular weight excluding hydrogens is 485 g/mol. The Morgan fingerprint density at radius 3 is 2.42 bits per heavy atom. The number of aromatic nitrogens is 4. The van der Waals surface area contributed by atoms with Gasteiger partial charge in [-0.1, -0.05) is 7.43 Å². The van der Waals surface area contributed by atoms with E-state index in [1.54, 1.807) is 25.1 Å². The minimum absolute atomic E-state index is 0. The zero-order chi connectivity index (χ0) is 24.7. The molecule has 0 unspecified atom stereocenters. The average molecular weight is 515 g/mol. The number of anilines is 3. The minimum atomic E-state index is -0.689. The molecule has 6 nitrogen and oxygen atoms in total. The number of nitrogens with one attached hydrogen (secondary N) is 1. The van der Waals surface area contributed by atoms with Crippen molar-refractivity contribution in [1.29, 1.82) is 0 Å². The fourth-order valence-corrected chi connectivity index (χ4v) is 5.36. The van der Waals surface area contributed by atoms with Gasteiger partial charge in [-0.15, -0.1) is 0 Å². The second kappa shape index (κ2) is 10.4. The van der Waals surface area contributed by atoms with Gasteiger partial charge in [0, 0.05) is 41.9 Å². The standard InChI is InChI=1S/C25H25F3N6S.CH4/c1-14(2)34-15(3)30-24-19(27)10-16(11-22(24)34)23-20(28)13-29-25(32-23)31-17-4-5-21(18(26)12-17)33-6-8-35-9-7-33;/h4-5,10-14H,6-9H2,1-3H3,(H,29,31,32);1H4. The number of imidazole rings is 1. The number of benzene rings is 2. The van der Waals surface area contributed by atoms with Crippen LogP contribution in [-0.2, 0) is 0 Å². The van der Waals surface area contributed by atoms with E-state index in [1.165, 1.54) is 12.1 Å². The lowest BCUT2D eigenvalue weighted by Crippen LogP contribution is -2.33. The quantitative estimate of drug-likeness (QED) is 0.319. The first kappa shape index (κ1) is 25.8. The second-order valence-corrected chi connectivity index (χ2v) is 9.95. The predicted molar refractivity (Wildman–Crippen MR) is 142 cm³/mol.